The number of hydrogen-bond acceptors (Lipinski definition) is 4. The van der Waals surface area contributed by atoms with Crippen molar-refractivity contribution >= 4 is 7.82 Å². The third-order valence-electron chi connectivity index (χ3n) is 1.22. The Morgan fingerprint density at radius 1 is 1.33 bits per heavy atom. The molecule has 0 bridgehead atoms. The van der Waals surface area contributed by atoms with Crippen LogP contribution in [-0.2, 0) is 13.7 Å². The highest BCUT2D eigenvalue weighted by Gasteiger charge is 2.23. The van der Waals surface area contributed by atoms with Crippen molar-refractivity contribution in [2.24, 2.45) is 0 Å². The monoisotopic (exact) mass is 197 g/mol. The van der Waals surface area contributed by atoms with Gasteiger partial charge >= 0.3 is 7.82 Å². The molecule has 0 aromatic heterocycles. The predicted octanol–water partition coefficient (Wildman–Crippen LogP) is 1.40. The summed E-state index contributed by atoms with van der Waals surface area (Å²) in [6, 6.07) is 0. The molecule has 0 amide bonds. The molecule has 0 aliphatic heterocycles. The summed E-state index contributed by atoms with van der Waals surface area (Å²) in [5.74, 6) is 0. The van der Waals surface area contributed by atoms with Gasteiger partial charge < -0.3 is 4.89 Å². The van der Waals surface area contributed by atoms with Crippen molar-refractivity contribution in [3.63, 3.8) is 0 Å². The maximum absolute atomic E-state index is 11.0. The molecule has 0 aliphatic carbocycles. The van der Waals surface area contributed by atoms with Crippen LogP contribution in [0.3, 0.4) is 0 Å². The fraction of sp³-hybridized carbons (Fsp3) is 1.00. The van der Waals surface area contributed by atoms with Crippen LogP contribution in [-0.4, -0.2) is 29.7 Å². The van der Waals surface area contributed by atoms with Crippen LogP contribution >= 0.6 is 7.82 Å². The van der Waals surface area contributed by atoms with Gasteiger partial charge in [-0.25, -0.2) is 4.57 Å². The number of hydroxylamine groups is 2. The van der Waals surface area contributed by atoms with E-state index in [0.29, 0.717) is 13.1 Å². The largest absolute Gasteiger partial charge is 0.488 e. The topological polar surface area (TPSA) is 59.0 Å². The average Bonchev–Trinajstić information content (AvgIpc) is 2.00. The van der Waals surface area contributed by atoms with Gasteiger partial charge in [-0.1, -0.05) is 13.8 Å². The third-order valence-corrected chi connectivity index (χ3v) is 2.24. The number of phosphoric acid groups is 1. The molecule has 0 aliphatic rings. The van der Waals surface area contributed by atoms with Crippen LogP contribution in [0.15, 0.2) is 0 Å². The molecule has 0 spiro atoms. The Labute approximate surface area is 72.8 Å². The maximum atomic E-state index is 11.0. The summed E-state index contributed by atoms with van der Waals surface area (Å²) in [6.45, 7) is 6.55. The standard InChI is InChI=1S/C6H16NO4P/c1-4-7(5-2)11-12(8,9)10-6-3/h4-6H2,1-3H3,(H,8,9). The Hall–Kier alpha value is 0.0700. The quantitative estimate of drug-likeness (QED) is 0.515. The zero-order valence-corrected chi connectivity index (χ0v) is 8.58. The van der Waals surface area contributed by atoms with Crippen molar-refractivity contribution in [1.29, 1.82) is 0 Å². The molecule has 0 aromatic rings. The second-order valence-electron chi connectivity index (χ2n) is 2.08. The van der Waals surface area contributed by atoms with Gasteiger partial charge in [-0.15, -0.1) is 0 Å². The SMILES string of the molecule is CCOP(=O)(O)ON(CC)CC. The van der Waals surface area contributed by atoms with Gasteiger partial charge in [-0.05, 0) is 6.92 Å². The highest BCUT2D eigenvalue weighted by Crippen LogP contribution is 2.43. The van der Waals surface area contributed by atoms with Crippen LogP contribution in [0.25, 0.3) is 0 Å². The van der Waals surface area contributed by atoms with Crippen LogP contribution in [0.4, 0.5) is 0 Å². The first-order valence-electron chi connectivity index (χ1n) is 3.97. The summed E-state index contributed by atoms with van der Waals surface area (Å²) in [7, 11) is -3.86. The molecule has 0 fully saturated rings. The molecule has 0 aromatic carbocycles. The smallest absolute Gasteiger partial charge is 0.301 e. The summed E-state index contributed by atoms with van der Waals surface area (Å²) in [4.78, 5) is 9.02. The first-order chi connectivity index (χ1) is 5.55. The molecule has 0 saturated heterocycles. The number of nitrogens with zero attached hydrogens (tertiary/aromatic N) is 1. The minimum Gasteiger partial charge on any atom is -0.301 e. The molecule has 6 heteroatoms. The van der Waals surface area contributed by atoms with Gasteiger partial charge in [0.2, 0.25) is 0 Å². The molecule has 0 heterocycles. The van der Waals surface area contributed by atoms with E-state index < -0.39 is 7.82 Å². The Bertz CT molecular complexity index is 160. The minimum absolute atomic E-state index is 0.162. The van der Waals surface area contributed by atoms with Gasteiger partial charge in [0, 0.05) is 13.1 Å². The molecule has 0 rings (SSSR count). The number of rotatable bonds is 6. The molecule has 12 heavy (non-hydrogen) atoms. The number of phosphoric ester groups is 1. The van der Waals surface area contributed by atoms with Gasteiger partial charge in [-0.2, -0.15) is 9.69 Å². The lowest BCUT2D eigenvalue weighted by Crippen LogP contribution is -2.22. The zero-order chi connectivity index (χ0) is 9.61. The Morgan fingerprint density at radius 3 is 2.17 bits per heavy atom. The second kappa shape index (κ2) is 5.67. The summed E-state index contributed by atoms with van der Waals surface area (Å²) in [6.07, 6.45) is 0. The zero-order valence-electron chi connectivity index (χ0n) is 7.69. The summed E-state index contributed by atoms with van der Waals surface area (Å²) in [5.41, 5.74) is 0. The van der Waals surface area contributed by atoms with Crippen LogP contribution in [0.5, 0.6) is 0 Å². The van der Waals surface area contributed by atoms with Crippen LogP contribution in [0, 0.1) is 0 Å². The molecular weight excluding hydrogens is 181 g/mol. The van der Waals surface area contributed by atoms with E-state index in [0.717, 1.165) is 0 Å². The Kier molecular flexibility index (Phi) is 5.70. The van der Waals surface area contributed by atoms with Crippen molar-refractivity contribution in [1.82, 2.24) is 5.06 Å². The van der Waals surface area contributed by atoms with Crippen molar-refractivity contribution in [3.8, 4) is 0 Å². The lowest BCUT2D eigenvalue weighted by Gasteiger charge is -2.20. The molecule has 1 N–H and O–H groups in total. The lowest BCUT2D eigenvalue weighted by atomic mass is 10.6. The summed E-state index contributed by atoms with van der Waals surface area (Å²) >= 11 is 0. The molecule has 5 nitrogen and oxygen atoms in total. The predicted molar refractivity (Wildman–Crippen MR) is 45.5 cm³/mol. The van der Waals surface area contributed by atoms with E-state index in [-0.39, 0.29) is 6.61 Å². The summed E-state index contributed by atoms with van der Waals surface area (Å²) in [5, 5.41) is 1.37. The highest BCUT2D eigenvalue weighted by molar-refractivity contribution is 7.47. The van der Waals surface area contributed by atoms with E-state index in [1.807, 2.05) is 13.8 Å². The maximum Gasteiger partial charge on any atom is 0.488 e. The Balaban J connectivity index is 3.94. The highest BCUT2D eigenvalue weighted by atomic mass is 31.2. The van der Waals surface area contributed by atoms with Crippen LogP contribution in [0.2, 0.25) is 0 Å². The van der Waals surface area contributed by atoms with Gasteiger partial charge in [0.05, 0.1) is 6.61 Å². The second-order valence-corrected chi connectivity index (χ2v) is 3.44. The van der Waals surface area contributed by atoms with Crippen molar-refractivity contribution in [2.45, 2.75) is 20.8 Å². The lowest BCUT2D eigenvalue weighted by molar-refractivity contribution is -0.0780. The first kappa shape index (κ1) is 12.1. The molecule has 74 valence electrons. The van der Waals surface area contributed by atoms with Gasteiger partial charge in [-0.3, -0.25) is 4.52 Å². The fourth-order valence-corrected chi connectivity index (χ4v) is 1.57. The average molecular weight is 197 g/mol. The normalized spacial score (nSPS) is 16.4. The molecule has 1 unspecified atom stereocenters. The van der Waals surface area contributed by atoms with E-state index in [2.05, 4.69) is 4.52 Å². The van der Waals surface area contributed by atoms with Crippen molar-refractivity contribution in [2.75, 3.05) is 19.7 Å². The molecule has 1 atom stereocenters. The van der Waals surface area contributed by atoms with Gasteiger partial charge in [0.15, 0.2) is 0 Å². The van der Waals surface area contributed by atoms with Gasteiger partial charge in [0.1, 0.15) is 0 Å². The minimum atomic E-state index is -3.86. The molecule has 0 radical (unpaired) electrons. The van der Waals surface area contributed by atoms with E-state index in [9.17, 15) is 4.57 Å². The molecular formula is C6H16NO4P. The van der Waals surface area contributed by atoms with E-state index in [1.165, 1.54) is 5.06 Å². The van der Waals surface area contributed by atoms with Crippen LogP contribution < -0.4 is 0 Å². The number of hydrogen-bond donors (Lipinski definition) is 1. The van der Waals surface area contributed by atoms with Crippen molar-refractivity contribution in [3.05, 3.63) is 0 Å². The first-order valence-corrected chi connectivity index (χ1v) is 5.47. The van der Waals surface area contributed by atoms with Crippen LogP contribution in [0.1, 0.15) is 20.8 Å². The third kappa shape index (κ3) is 4.85. The molecule has 0 saturated carbocycles. The summed E-state index contributed by atoms with van der Waals surface area (Å²) < 4.78 is 20.2. The van der Waals surface area contributed by atoms with Crippen molar-refractivity contribution < 1.29 is 18.6 Å². The van der Waals surface area contributed by atoms with Gasteiger partial charge in [0.25, 0.3) is 0 Å². The van der Waals surface area contributed by atoms with E-state index in [1.54, 1.807) is 6.92 Å². The van der Waals surface area contributed by atoms with E-state index >= 15 is 0 Å². The Morgan fingerprint density at radius 2 is 1.83 bits per heavy atom. The fourth-order valence-electron chi connectivity index (χ4n) is 0.672. The van der Waals surface area contributed by atoms with E-state index in [4.69, 9.17) is 9.52 Å².